The SMILES string of the molecule is COc1ccccc1N1CCc2ccccc2C1C#N. The molecule has 1 aliphatic heterocycles. The maximum Gasteiger partial charge on any atom is 0.143 e. The molecule has 2 aromatic rings. The Morgan fingerprint density at radius 3 is 2.70 bits per heavy atom. The van der Waals surface area contributed by atoms with Crippen molar-refractivity contribution in [3.05, 3.63) is 59.7 Å². The van der Waals surface area contributed by atoms with Gasteiger partial charge in [0.25, 0.3) is 0 Å². The fourth-order valence-electron chi connectivity index (χ4n) is 2.83. The summed E-state index contributed by atoms with van der Waals surface area (Å²) in [6.45, 7) is 0.829. The van der Waals surface area contributed by atoms with Gasteiger partial charge in [-0.25, -0.2) is 0 Å². The zero-order chi connectivity index (χ0) is 13.9. The number of hydrogen-bond donors (Lipinski definition) is 0. The van der Waals surface area contributed by atoms with Crippen molar-refractivity contribution in [2.75, 3.05) is 18.6 Å². The average Bonchev–Trinajstić information content (AvgIpc) is 2.53. The van der Waals surface area contributed by atoms with Crippen LogP contribution in [0.2, 0.25) is 0 Å². The van der Waals surface area contributed by atoms with Gasteiger partial charge in [0.2, 0.25) is 0 Å². The van der Waals surface area contributed by atoms with E-state index >= 15 is 0 Å². The van der Waals surface area contributed by atoms with Crippen molar-refractivity contribution in [3.8, 4) is 11.8 Å². The minimum atomic E-state index is -0.253. The quantitative estimate of drug-likeness (QED) is 0.834. The molecule has 1 unspecified atom stereocenters. The largest absolute Gasteiger partial charge is 0.495 e. The maximum absolute atomic E-state index is 9.60. The number of nitrogens with zero attached hydrogens (tertiary/aromatic N) is 2. The Kier molecular flexibility index (Phi) is 3.30. The Morgan fingerprint density at radius 1 is 1.15 bits per heavy atom. The first-order valence-electron chi connectivity index (χ1n) is 6.72. The molecule has 0 bridgehead atoms. The molecule has 0 amide bonds. The number of fused-ring (bicyclic) bond motifs is 1. The molecule has 1 aliphatic rings. The number of hydrogen-bond acceptors (Lipinski definition) is 3. The lowest BCUT2D eigenvalue weighted by Gasteiger charge is -2.35. The molecule has 0 N–H and O–H groups in total. The first-order valence-corrected chi connectivity index (χ1v) is 6.72. The minimum Gasteiger partial charge on any atom is -0.495 e. The van der Waals surface area contributed by atoms with Crippen molar-refractivity contribution < 1.29 is 4.74 Å². The highest BCUT2D eigenvalue weighted by Crippen LogP contribution is 2.37. The van der Waals surface area contributed by atoms with Gasteiger partial charge in [-0.05, 0) is 29.7 Å². The van der Waals surface area contributed by atoms with Gasteiger partial charge in [0.15, 0.2) is 0 Å². The fraction of sp³-hybridized carbons (Fsp3) is 0.235. The lowest BCUT2D eigenvalue weighted by atomic mass is 9.93. The third kappa shape index (κ3) is 2.00. The van der Waals surface area contributed by atoms with Crippen LogP contribution in [0.15, 0.2) is 48.5 Å². The lowest BCUT2D eigenvalue weighted by molar-refractivity contribution is 0.413. The van der Waals surface area contributed by atoms with Crippen LogP contribution in [0.1, 0.15) is 17.2 Å². The van der Waals surface area contributed by atoms with Gasteiger partial charge < -0.3 is 9.64 Å². The summed E-state index contributed by atoms with van der Waals surface area (Å²) in [6.07, 6.45) is 0.951. The Labute approximate surface area is 119 Å². The highest BCUT2D eigenvalue weighted by Gasteiger charge is 2.28. The van der Waals surface area contributed by atoms with Crippen molar-refractivity contribution in [3.63, 3.8) is 0 Å². The molecular formula is C17H16N2O. The Morgan fingerprint density at radius 2 is 1.90 bits per heavy atom. The van der Waals surface area contributed by atoms with Crippen molar-refractivity contribution >= 4 is 5.69 Å². The van der Waals surface area contributed by atoms with E-state index in [-0.39, 0.29) is 6.04 Å². The van der Waals surface area contributed by atoms with Crippen LogP contribution in [0.5, 0.6) is 5.75 Å². The Hall–Kier alpha value is -2.47. The van der Waals surface area contributed by atoms with Crippen LogP contribution in [-0.4, -0.2) is 13.7 Å². The molecule has 0 radical (unpaired) electrons. The fourth-order valence-corrected chi connectivity index (χ4v) is 2.83. The van der Waals surface area contributed by atoms with Gasteiger partial charge in [-0.2, -0.15) is 5.26 Å². The molecule has 0 saturated carbocycles. The summed E-state index contributed by atoms with van der Waals surface area (Å²) in [5.41, 5.74) is 3.36. The zero-order valence-electron chi connectivity index (χ0n) is 11.4. The van der Waals surface area contributed by atoms with Gasteiger partial charge in [-0.1, -0.05) is 36.4 Å². The molecule has 0 aromatic heterocycles. The van der Waals surface area contributed by atoms with E-state index < -0.39 is 0 Å². The predicted octanol–water partition coefficient (Wildman–Crippen LogP) is 3.32. The van der Waals surface area contributed by atoms with Crippen molar-refractivity contribution in [1.82, 2.24) is 0 Å². The van der Waals surface area contributed by atoms with E-state index in [0.29, 0.717) is 0 Å². The number of benzene rings is 2. The molecule has 20 heavy (non-hydrogen) atoms. The van der Waals surface area contributed by atoms with E-state index in [9.17, 15) is 5.26 Å². The van der Waals surface area contributed by atoms with Gasteiger partial charge in [-0.3, -0.25) is 0 Å². The monoisotopic (exact) mass is 264 g/mol. The highest BCUT2D eigenvalue weighted by molar-refractivity contribution is 5.62. The number of rotatable bonds is 2. The van der Waals surface area contributed by atoms with Crippen LogP contribution in [0.4, 0.5) is 5.69 Å². The normalized spacial score (nSPS) is 17.2. The van der Waals surface area contributed by atoms with Crippen LogP contribution >= 0.6 is 0 Å². The second-order valence-corrected chi connectivity index (χ2v) is 4.85. The molecule has 2 aromatic carbocycles. The van der Waals surface area contributed by atoms with E-state index in [1.54, 1.807) is 7.11 Å². The lowest BCUT2D eigenvalue weighted by Crippen LogP contribution is -2.35. The number of ether oxygens (including phenoxy) is 1. The summed E-state index contributed by atoms with van der Waals surface area (Å²) in [5, 5.41) is 9.60. The van der Waals surface area contributed by atoms with Crippen LogP contribution in [0.25, 0.3) is 0 Å². The summed E-state index contributed by atoms with van der Waals surface area (Å²) in [7, 11) is 1.66. The van der Waals surface area contributed by atoms with Crippen LogP contribution in [0, 0.1) is 11.3 Å². The minimum absolute atomic E-state index is 0.253. The molecule has 100 valence electrons. The average molecular weight is 264 g/mol. The van der Waals surface area contributed by atoms with Crippen molar-refractivity contribution in [2.45, 2.75) is 12.5 Å². The smallest absolute Gasteiger partial charge is 0.143 e. The standard InChI is InChI=1S/C17H16N2O/c1-20-17-9-5-4-8-15(17)19-11-10-13-6-2-3-7-14(13)16(19)12-18/h2-9,16H,10-11H2,1H3. The van der Waals surface area contributed by atoms with E-state index in [0.717, 1.165) is 30.0 Å². The summed E-state index contributed by atoms with van der Waals surface area (Å²) in [4.78, 5) is 2.13. The van der Waals surface area contributed by atoms with E-state index in [1.807, 2.05) is 42.5 Å². The molecule has 3 nitrogen and oxygen atoms in total. The molecule has 0 spiro atoms. The second-order valence-electron chi connectivity index (χ2n) is 4.85. The highest BCUT2D eigenvalue weighted by atomic mass is 16.5. The number of para-hydroxylation sites is 2. The van der Waals surface area contributed by atoms with Gasteiger partial charge in [0.1, 0.15) is 11.8 Å². The van der Waals surface area contributed by atoms with Crippen LogP contribution in [-0.2, 0) is 6.42 Å². The van der Waals surface area contributed by atoms with Crippen LogP contribution in [0.3, 0.4) is 0 Å². The molecular weight excluding hydrogens is 248 g/mol. The summed E-state index contributed by atoms with van der Waals surface area (Å²) < 4.78 is 5.43. The summed E-state index contributed by atoms with van der Waals surface area (Å²) in [6, 6.07) is 18.2. The first kappa shape index (κ1) is 12.6. The molecule has 0 fully saturated rings. The van der Waals surface area contributed by atoms with Crippen LogP contribution < -0.4 is 9.64 Å². The number of nitriles is 1. The van der Waals surface area contributed by atoms with E-state index in [4.69, 9.17) is 4.74 Å². The predicted molar refractivity (Wildman–Crippen MR) is 78.8 cm³/mol. The molecule has 1 heterocycles. The van der Waals surface area contributed by atoms with E-state index in [1.165, 1.54) is 5.56 Å². The first-order chi connectivity index (χ1) is 9.85. The molecule has 3 heteroatoms. The van der Waals surface area contributed by atoms with Gasteiger partial charge >= 0.3 is 0 Å². The Balaban J connectivity index is 2.06. The molecule has 0 saturated heterocycles. The van der Waals surface area contributed by atoms with Gasteiger partial charge in [-0.15, -0.1) is 0 Å². The maximum atomic E-state index is 9.60. The van der Waals surface area contributed by atoms with Gasteiger partial charge in [0, 0.05) is 6.54 Å². The number of anilines is 1. The summed E-state index contributed by atoms with van der Waals surface area (Å²) in [5.74, 6) is 0.812. The molecule has 3 rings (SSSR count). The summed E-state index contributed by atoms with van der Waals surface area (Å²) >= 11 is 0. The molecule has 0 aliphatic carbocycles. The topological polar surface area (TPSA) is 36.3 Å². The third-order valence-electron chi connectivity index (χ3n) is 3.80. The third-order valence-corrected chi connectivity index (χ3v) is 3.80. The van der Waals surface area contributed by atoms with Crippen molar-refractivity contribution in [2.24, 2.45) is 0 Å². The van der Waals surface area contributed by atoms with Gasteiger partial charge in [0.05, 0.1) is 18.9 Å². The van der Waals surface area contributed by atoms with E-state index in [2.05, 4.69) is 17.0 Å². The number of methoxy groups -OCH3 is 1. The van der Waals surface area contributed by atoms with Crippen molar-refractivity contribution in [1.29, 1.82) is 5.26 Å². The Bertz CT molecular complexity index is 660. The zero-order valence-corrected chi connectivity index (χ0v) is 11.4. The molecule has 1 atom stereocenters. The second kappa shape index (κ2) is 5.26.